The van der Waals surface area contributed by atoms with Gasteiger partial charge in [0.05, 0.1) is 31.1 Å². The SMILES string of the molecule is COc1nc2c(c(N3CC4CCC(C4)C3)n1)COC(c1cc(N)cc(C)c1C(F)(F)F)C2.FC1CC2CCCN2C1. The third-order valence-corrected chi connectivity index (χ3v) is 9.43. The highest BCUT2D eigenvalue weighted by atomic mass is 19.4. The van der Waals surface area contributed by atoms with E-state index >= 15 is 0 Å². The molecule has 1 aromatic heterocycles. The number of nitrogens with zero attached hydrogens (tertiary/aromatic N) is 4. The molecular weight excluding hydrogens is 538 g/mol. The van der Waals surface area contributed by atoms with Gasteiger partial charge in [-0.3, -0.25) is 4.90 Å². The van der Waals surface area contributed by atoms with Crippen molar-refractivity contribution in [2.24, 2.45) is 11.8 Å². The number of aryl methyl sites for hydroxylation is 1. The molecule has 5 aliphatic rings. The molecule has 5 unspecified atom stereocenters. The standard InChI is InChI=1S/C23H27F3N4O2.C7H12FN/c1-12-5-15(27)7-16(20(12)23(24,25)26)19-8-18-17(11-32-19)21(29-22(28-18)31-2)30-9-13-3-4-14(6-13)10-30;8-6-4-7-2-1-3-9(7)5-6/h5,7,13-14,19H,3-4,6,8-11,27H2,1-2H3;6-7H,1-5H2. The van der Waals surface area contributed by atoms with E-state index in [1.54, 1.807) is 0 Å². The second-order valence-corrected chi connectivity index (χ2v) is 12.3. The predicted octanol–water partition coefficient (Wildman–Crippen LogP) is 5.64. The molecule has 0 spiro atoms. The number of nitrogen functional groups attached to an aromatic ring is 1. The largest absolute Gasteiger partial charge is 0.467 e. The van der Waals surface area contributed by atoms with E-state index in [2.05, 4.69) is 19.8 Å². The van der Waals surface area contributed by atoms with Gasteiger partial charge in [0.2, 0.25) is 0 Å². The van der Waals surface area contributed by atoms with Crippen LogP contribution in [0.2, 0.25) is 0 Å². The van der Waals surface area contributed by atoms with Gasteiger partial charge < -0.3 is 20.1 Å². The maximum Gasteiger partial charge on any atom is 0.417 e. The molecule has 7 rings (SSSR count). The molecule has 1 aromatic carbocycles. The molecule has 2 bridgehead atoms. The van der Waals surface area contributed by atoms with Gasteiger partial charge in [0.25, 0.3) is 0 Å². The van der Waals surface area contributed by atoms with Gasteiger partial charge in [-0.05, 0) is 87.1 Å². The Morgan fingerprint density at radius 3 is 2.49 bits per heavy atom. The first kappa shape index (κ1) is 28.5. The van der Waals surface area contributed by atoms with Crippen LogP contribution in [-0.4, -0.2) is 60.4 Å². The summed E-state index contributed by atoms with van der Waals surface area (Å²) in [5, 5.41) is 0. The highest BCUT2D eigenvalue weighted by Gasteiger charge is 2.40. The lowest BCUT2D eigenvalue weighted by Gasteiger charge is -2.36. The average Bonchev–Trinajstić information content (AvgIpc) is 3.60. The highest BCUT2D eigenvalue weighted by Crippen LogP contribution is 2.44. The molecule has 3 saturated heterocycles. The number of benzene rings is 1. The van der Waals surface area contributed by atoms with E-state index in [-0.39, 0.29) is 35.9 Å². The van der Waals surface area contributed by atoms with Gasteiger partial charge in [0.1, 0.15) is 12.0 Å². The molecular formula is C30H39F4N5O2. The minimum absolute atomic E-state index is 0.0517. The zero-order valence-corrected chi connectivity index (χ0v) is 23.7. The molecule has 5 heterocycles. The molecule has 41 heavy (non-hydrogen) atoms. The molecule has 4 fully saturated rings. The van der Waals surface area contributed by atoms with E-state index in [4.69, 9.17) is 15.2 Å². The quantitative estimate of drug-likeness (QED) is 0.374. The van der Waals surface area contributed by atoms with Crippen LogP contribution in [0.15, 0.2) is 12.1 Å². The van der Waals surface area contributed by atoms with Gasteiger partial charge in [-0.2, -0.15) is 23.1 Å². The minimum atomic E-state index is -4.50. The topological polar surface area (TPSA) is 76.7 Å². The molecule has 224 valence electrons. The van der Waals surface area contributed by atoms with E-state index in [1.165, 1.54) is 58.3 Å². The number of hydrogen-bond acceptors (Lipinski definition) is 7. The number of ether oxygens (including phenoxy) is 2. The number of fused-ring (bicyclic) bond motifs is 4. The zero-order valence-electron chi connectivity index (χ0n) is 23.7. The number of aromatic nitrogens is 2. The van der Waals surface area contributed by atoms with E-state index in [0.29, 0.717) is 30.1 Å². The summed E-state index contributed by atoms with van der Waals surface area (Å²) in [5.74, 6) is 2.11. The van der Waals surface area contributed by atoms with Crippen molar-refractivity contribution >= 4 is 11.5 Å². The molecule has 11 heteroatoms. The molecule has 2 aromatic rings. The molecule has 2 N–H and O–H groups in total. The Hall–Kier alpha value is -2.66. The van der Waals surface area contributed by atoms with Crippen LogP contribution in [-0.2, 0) is 23.9 Å². The minimum Gasteiger partial charge on any atom is -0.467 e. The van der Waals surface area contributed by atoms with Crippen LogP contribution in [0.1, 0.15) is 72.6 Å². The van der Waals surface area contributed by atoms with Gasteiger partial charge in [0.15, 0.2) is 0 Å². The first-order chi connectivity index (χ1) is 19.6. The monoisotopic (exact) mass is 577 g/mol. The predicted molar refractivity (Wildman–Crippen MR) is 148 cm³/mol. The third kappa shape index (κ3) is 5.84. The fraction of sp³-hybridized carbons (Fsp3) is 0.667. The molecule has 1 aliphatic carbocycles. The third-order valence-electron chi connectivity index (χ3n) is 9.43. The maximum atomic E-state index is 13.8. The lowest BCUT2D eigenvalue weighted by atomic mass is 9.91. The van der Waals surface area contributed by atoms with E-state index in [1.807, 2.05) is 0 Å². The highest BCUT2D eigenvalue weighted by molar-refractivity contribution is 5.54. The summed E-state index contributed by atoms with van der Waals surface area (Å²) in [4.78, 5) is 13.7. The van der Waals surface area contributed by atoms with Crippen molar-refractivity contribution in [1.29, 1.82) is 0 Å². The Morgan fingerprint density at radius 1 is 1.05 bits per heavy atom. The lowest BCUT2D eigenvalue weighted by Crippen LogP contribution is -2.38. The molecule has 7 nitrogen and oxygen atoms in total. The normalized spacial score (nSPS) is 29.1. The summed E-state index contributed by atoms with van der Waals surface area (Å²) < 4.78 is 65.5. The molecule has 0 amide bonds. The fourth-order valence-electron chi connectivity index (χ4n) is 7.67. The number of anilines is 2. The maximum absolute atomic E-state index is 13.8. The summed E-state index contributed by atoms with van der Waals surface area (Å²) in [6, 6.07) is 3.56. The average molecular weight is 578 g/mol. The van der Waals surface area contributed by atoms with Crippen LogP contribution < -0.4 is 15.4 Å². The van der Waals surface area contributed by atoms with Crippen LogP contribution >= 0.6 is 0 Å². The van der Waals surface area contributed by atoms with Crippen molar-refractivity contribution in [3.8, 4) is 6.01 Å². The number of piperidine rings is 1. The first-order valence-electron chi connectivity index (χ1n) is 14.7. The Morgan fingerprint density at radius 2 is 1.80 bits per heavy atom. The molecule has 4 aliphatic heterocycles. The number of nitrogens with two attached hydrogens (primary N) is 1. The summed E-state index contributed by atoms with van der Waals surface area (Å²) >= 11 is 0. The molecule has 0 radical (unpaired) electrons. The van der Waals surface area contributed by atoms with Gasteiger partial charge in [0, 0.05) is 43.3 Å². The second-order valence-electron chi connectivity index (χ2n) is 12.3. The van der Waals surface area contributed by atoms with Crippen LogP contribution in [0, 0.1) is 18.8 Å². The smallest absolute Gasteiger partial charge is 0.417 e. The number of hydrogen-bond donors (Lipinski definition) is 1. The van der Waals surface area contributed by atoms with Crippen LogP contribution in [0.4, 0.5) is 29.1 Å². The fourth-order valence-corrected chi connectivity index (χ4v) is 7.67. The molecule has 5 atom stereocenters. The Kier molecular flexibility index (Phi) is 7.78. The van der Waals surface area contributed by atoms with Gasteiger partial charge in [-0.25, -0.2) is 4.39 Å². The number of alkyl halides is 4. The Bertz CT molecular complexity index is 1250. The van der Waals surface area contributed by atoms with E-state index in [9.17, 15) is 17.6 Å². The molecule has 1 saturated carbocycles. The summed E-state index contributed by atoms with van der Waals surface area (Å²) in [7, 11) is 1.51. The lowest BCUT2D eigenvalue weighted by molar-refractivity contribution is -0.140. The van der Waals surface area contributed by atoms with E-state index < -0.39 is 24.0 Å². The Labute approximate surface area is 238 Å². The second kappa shape index (κ2) is 11.2. The number of methoxy groups -OCH3 is 1. The van der Waals surface area contributed by atoms with Crippen molar-refractivity contribution in [3.63, 3.8) is 0 Å². The van der Waals surface area contributed by atoms with Crippen LogP contribution in [0.25, 0.3) is 0 Å². The first-order valence-corrected chi connectivity index (χ1v) is 14.7. The number of rotatable bonds is 3. The van der Waals surface area contributed by atoms with Crippen molar-refractivity contribution in [3.05, 3.63) is 40.1 Å². The van der Waals surface area contributed by atoms with Crippen molar-refractivity contribution in [1.82, 2.24) is 14.9 Å². The van der Waals surface area contributed by atoms with Crippen molar-refractivity contribution in [2.45, 2.75) is 83.0 Å². The van der Waals surface area contributed by atoms with Gasteiger partial charge in [-0.1, -0.05) is 0 Å². The summed E-state index contributed by atoms with van der Waals surface area (Å²) in [5.41, 5.74) is 7.15. The van der Waals surface area contributed by atoms with Gasteiger partial charge >= 0.3 is 12.2 Å². The van der Waals surface area contributed by atoms with Crippen molar-refractivity contribution < 1.29 is 27.0 Å². The summed E-state index contributed by atoms with van der Waals surface area (Å²) in [6.07, 6.45) is 1.44. The van der Waals surface area contributed by atoms with Crippen molar-refractivity contribution in [2.75, 3.05) is 43.9 Å². The Balaban J connectivity index is 0.000000283. The van der Waals surface area contributed by atoms with Crippen LogP contribution in [0.3, 0.4) is 0 Å². The van der Waals surface area contributed by atoms with Gasteiger partial charge in [-0.15, -0.1) is 0 Å². The van der Waals surface area contributed by atoms with E-state index in [0.717, 1.165) is 37.4 Å². The van der Waals surface area contributed by atoms with Crippen LogP contribution in [0.5, 0.6) is 6.01 Å². The summed E-state index contributed by atoms with van der Waals surface area (Å²) in [6.45, 7) is 5.29. The number of halogens is 4. The zero-order chi connectivity index (χ0) is 28.9.